The first-order valence-electron chi connectivity index (χ1n) is 4.30. The number of hydrogen-bond acceptors (Lipinski definition) is 2. The van der Waals surface area contributed by atoms with Crippen molar-refractivity contribution in [2.75, 3.05) is 13.2 Å². The summed E-state index contributed by atoms with van der Waals surface area (Å²) in [6, 6.07) is 5.86. The van der Waals surface area contributed by atoms with Gasteiger partial charge in [-0.2, -0.15) is 0 Å². The molecule has 0 radical (unpaired) electrons. The van der Waals surface area contributed by atoms with E-state index in [9.17, 15) is 0 Å². The van der Waals surface area contributed by atoms with Gasteiger partial charge in [0.2, 0.25) is 0 Å². The highest BCUT2D eigenvalue weighted by molar-refractivity contribution is 9.11. The van der Waals surface area contributed by atoms with Gasteiger partial charge in [-0.25, -0.2) is 0 Å². The van der Waals surface area contributed by atoms with E-state index in [0.29, 0.717) is 6.61 Å². The van der Waals surface area contributed by atoms with Gasteiger partial charge in [0, 0.05) is 8.95 Å². The van der Waals surface area contributed by atoms with E-state index in [1.54, 1.807) is 0 Å². The summed E-state index contributed by atoms with van der Waals surface area (Å²) in [5.41, 5.74) is -0.0607. The van der Waals surface area contributed by atoms with Crippen molar-refractivity contribution in [2.24, 2.45) is 0 Å². The van der Waals surface area contributed by atoms with Gasteiger partial charge >= 0.3 is 0 Å². The molecule has 0 spiro atoms. The van der Waals surface area contributed by atoms with Gasteiger partial charge in [-0.3, -0.25) is 0 Å². The Morgan fingerprint density at radius 3 is 2.43 bits per heavy atom. The third-order valence-electron chi connectivity index (χ3n) is 2.02. The van der Waals surface area contributed by atoms with Crippen LogP contribution >= 0.6 is 31.9 Å². The first-order valence-corrected chi connectivity index (χ1v) is 5.89. The molecule has 1 atom stereocenters. The fourth-order valence-electron chi connectivity index (χ4n) is 1.05. The molecular formula is C10H10Br2O2. The van der Waals surface area contributed by atoms with E-state index in [1.807, 2.05) is 25.1 Å². The SMILES string of the molecule is CC1(COc2cc(Br)cc(Br)c2)CO1. The van der Waals surface area contributed by atoms with Crippen LogP contribution in [-0.2, 0) is 4.74 Å². The fraction of sp³-hybridized carbons (Fsp3) is 0.400. The Morgan fingerprint density at radius 1 is 1.36 bits per heavy atom. The summed E-state index contributed by atoms with van der Waals surface area (Å²) < 4.78 is 12.8. The third-order valence-corrected chi connectivity index (χ3v) is 2.93. The molecule has 1 aliphatic rings. The van der Waals surface area contributed by atoms with E-state index >= 15 is 0 Å². The average Bonchev–Trinajstić information content (AvgIpc) is 2.80. The maximum Gasteiger partial charge on any atom is 0.123 e. The first-order chi connectivity index (χ1) is 6.57. The Balaban J connectivity index is 2.01. The molecule has 2 nitrogen and oxygen atoms in total. The van der Waals surface area contributed by atoms with Crippen molar-refractivity contribution in [3.63, 3.8) is 0 Å². The van der Waals surface area contributed by atoms with E-state index in [-0.39, 0.29) is 5.60 Å². The molecule has 1 aliphatic heterocycles. The lowest BCUT2D eigenvalue weighted by molar-refractivity contribution is 0.202. The zero-order chi connectivity index (χ0) is 10.2. The molecule has 14 heavy (non-hydrogen) atoms. The topological polar surface area (TPSA) is 21.8 Å². The Bertz CT molecular complexity index is 328. The number of epoxide rings is 1. The second-order valence-corrected chi connectivity index (χ2v) is 5.46. The molecule has 76 valence electrons. The molecule has 0 N–H and O–H groups in total. The lowest BCUT2D eigenvalue weighted by atomic mass is 10.2. The van der Waals surface area contributed by atoms with Crippen molar-refractivity contribution in [3.05, 3.63) is 27.1 Å². The van der Waals surface area contributed by atoms with Gasteiger partial charge in [0.15, 0.2) is 0 Å². The predicted octanol–water partition coefficient (Wildman–Crippen LogP) is 3.38. The predicted molar refractivity (Wildman–Crippen MR) is 61.7 cm³/mol. The van der Waals surface area contributed by atoms with Crippen LogP contribution in [0.3, 0.4) is 0 Å². The molecule has 0 aliphatic carbocycles. The third kappa shape index (κ3) is 2.72. The Kier molecular flexibility index (Phi) is 2.86. The molecule has 1 aromatic rings. The summed E-state index contributed by atoms with van der Waals surface area (Å²) >= 11 is 6.82. The molecular weight excluding hydrogens is 312 g/mol. The second kappa shape index (κ2) is 3.83. The maximum absolute atomic E-state index is 5.61. The molecule has 4 heteroatoms. The van der Waals surface area contributed by atoms with Crippen LogP contribution in [0.5, 0.6) is 5.75 Å². The highest BCUT2D eigenvalue weighted by Gasteiger charge is 2.40. The zero-order valence-electron chi connectivity index (χ0n) is 7.72. The summed E-state index contributed by atoms with van der Waals surface area (Å²) in [5, 5.41) is 0. The van der Waals surface area contributed by atoms with E-state index in [4.69, 9.17) is 9.47 Å². The minimum Gasteiger partial charge on any atom is -0.490 e. The van der Waals surface area contributed by atoms with Crippen molar-refractivity contribution in [1.29, 1.82) is 0 Å². The second-order valence-electron chi connectivity index (χ2n) is 3.63. The van der Waals surface area contributed by atoms with Gasteiger partial charge in [-0.1, -0.05) is 31.9 Å². The minimum atomic E-state index is -0.0607. The lowest BCUT2D eigenvalue weighted by Crippen LogP contribution is -2.16. The van der Waals surface area contributed by atoms with Gasteiger partial charge in [-0.15, -0.1) is 0 Å². The van der Waals surface area contributed by atoms with Crippen LogP contribution < -0.4 is 4.74 Å². The van der Waals surface area contributed by atoms with Crippen LogP contribution in [0.2, 0.25) is 0 Å². The normalized spacial score (nSPS) is 24.8. The summed E-state index contributed by atoms with van der Waals surface area (Å²) in [5.74, 6) is 0.850. The van der Waals surface area contributed by atoms with Crippen LogP contribution in [-0.4, -0.2) is 18.8 Å². The fourth-order valence-corrected chi connectivity index (χ4v) is 2.31. The molecule has 0 saturated carbocycles. The molecule has 1 heterocycles. The highest BCUT2D eigenvalue weighted by atomic mass is 79.9. The Morgan fingerprint density at radius 2 is 1.93 bits per heavy atom. The number of hydrogen-bond donors (Lipinski definition) is 0. The van der Waals surface area contributed by atoms with Crippen molar-refractivity contribution in [3.8, 4) is 5.75 Å². The van der Waals surface area contributed by atoms with Gasteiger partial charge in [0.05, 0.1) is 6.61 Å². The minimum absolute atomic E-state index is 0.0607. The van der Waals surface area contributed by atoms with Crippen LogP contribution in [0.4, 0.5) is 0 Å². The molecule has 1 aromatic carbocycles. The van der Waals surface area contributed by atoms with E-state index in [2.05, 4.69) is 31.9 Å². The van der Waals surface area contributed by atoms with Crippen molar-refractivity contribution in [2.45, 2.75) is 12.5 Å². The molecule has 0 aromatic heterocycles. The molecule has 1 fully saturated rings. The van der Waals surface area contributed by atoms with Gasteiger partial charge in [-0.05, 0) is 25.1 Å². The average molecular weight is 322 g/mol. The number of rotatable bonds is 3. The number of benzene rings is 1. The first kappa shape index (κ1) is 10.5. The highest BCUT2D eigenvalue weighted by Crippen LogP contribution is 2.29. The van der Waals surface area contributed by atoms with Crippen molar-refractivity contribution >= 4 is 31.9 Å². The summed E-state index contributed by atoms with van der Waals surface area (Å²) in [7, 11) is 0. The smallest absolute Gasteiger partial charge is 0.123 e. The standard InChI is InChI=1S/C10H10Br2O2/c1-10(6-14-10)5-13-9-3-7(11)2-8(12)4-9/h2-4H,5-6H2,1H3. The van der Waals surface area contributed by atoms with Gasteiger partial charge in [0.1, 0.15) is 18.0 Å². The van der Waals surface area contributed by atoms with E-state index in [1.165, 1.54) is 0 Å². The Labute approximate surface area is 99.8 Å². The monoisotopic (exact) mass is 320 g/mol. The summed E-state index contributed by atoms with van der Waals surface area (Å²) in [6.45, 7) is 3.44. The van der Waals surface area contributed by atoms with E-state index < -0.39 is 0 Å². The van der Waals surface area contributed by atoms with Gasteiger partial charge in [0.25, 0.3) is 0 Å². The number of halogens is 2. The molecule has 0 amide bonds. The lowest BCUT2D eigenvalue weighted by Gasteiger charge is -2.09. The van der Waals surface area contributed by atoms with Crippen LogP contribution in [0, 0.1) is 0 Å². The Hall–Kier alpha value is -0.0600. The van der Waals surface area contributed by atoms with Crippen LogP contribution in [0.25, 0.3) is 0 Å². The van der Waals surface area contributed by atoms with Gasteiger partial charge < -0.3 is 9.47 Å². The summed E-state index contributed by atoms with van der Waals surface area (Å²) in [4.78, 5) is 0. The van der Waals surface area contributed by atoms with Crippen molar-refractivity contribution in [1.82, 2.24) is 0 Å². The molecule has 2 rings (SSSR count). The van der Waals surface area contributed by atoms with Crippen LogP contribution in [0.15, 0.2) is 27.1 Å². The molecule has 1 saturated heterocycles. The molecule has 1 unspecified atom stereocenters. The van der Waals surface area contributed by atoms with Crippen molar-refractivity contribution < 1.29 is 9.47 Å². The zero-order valence-corrected chi connectivity index (χ0v) is 10.9. The summed E-state index contributed by atoms with van der Waals surface area (Å²) in [6.07, 6.45) is 0. The largest absolute Gasteiger partial charge is 0.490 e. The van der Waals surface area contributed by atoms with E-state index in [0.717, 1.165) is 21.3 Å². The number of ether oxygens (including phenoxy) is 2. The van der Waals surface area contributed by atoms with Crippen LogP contribution in [0.1, 0.15) is 6.92 Å². The molecule has 0 bridgehead atoms. The maximum atomic E-state index is 5.61. The quantitative estimate of drug-likeness (QED) is 0.796.